The van der Waals surface area contributed by atoms with Crippen molar-refractivity contribution in [2.75, 3.05) is 13.2 Å². The van der Waals surface area contributed by atoms with Crippen LogP contribution in [0.2, 0.25) is 0 Å². The molecule has 0 N–H and O–H groups in total. The third kappa shape index (κ3) is 5.52. The highest BCUT2D eigenvalue weighted by Gasteiger charge is 1.88. The van der Waals surface area contributed by atoms with E-state index in [2.05, 4.69) is 0 Å². The summed E-state index contributed by atoms with van der Waals surface area (Å²) >= 11 is 0. The quantitative estimate of drug-likeness (QED) is 0.547. The average molecular weight is 206 g/mol. The molecule has 0 aliphatic rings. The highest BCUT2D eigenvalue weighted by Crippen LogP contribution is 2.07. The lowest BCUT2D eigenvalue weighted by Crippen LogP contribution is -1.98. The van der Waals surface area contributed by atoms with Crippen molar-refractivity contribution in [1.29, 1.82) is 0 Å². The van der Waals surface area contributed by atoms with Gasteiger partial charge in [0, 0.05) is 6.92 Å². The van der Waals surface area contributed by atoms with Crippen LogP contribution < -0.4 is 4.74 Å². The molecule has 0 aliphatic heterocycles. The molecule has 0 unspecified atom stereocenters. The van der Waals surface area contributed by atoms with E-state index in [-0.39, 0.29) is 5.97 Å². The maximum atomic E-state index is 10.4. The van der Waals surface area contributed by atoms with Crippen LogP contribution in [0.15, 0.2) is 42.5 Å². The Bertz CT molecular complexity index is 317. The number of benzene rings is 1. The van der Waals surface area contributed by atoms with Gasteiger partial charge in [-0.3, -0.25) is 4.79 Å². The summed E-state index contributed by atoms with van der Waals surface area (Å²) in [4.78, 5) is 10.4. The molecule has 0 fully saturated rings. The fraction of sp³-hybridized carbons (Fsp3) is 0.250. The lowest BCUT2D eigenvalue weighted by atomic mass is 10.3. The molecule has 0 aromatic heterocycles. The van der Waals surface area contributed by atoms with Crippen molar-refractivity contribution in [3.05, 3.63) is 42.5 Å². The van der Waals surface area contributed by atoms with Gasteiger partial charge in [0.05, 0.1) is 0 Å². The van der Waals surface area contributed by atoms with Crippen LogP contribution >= 0.6 is 0 Å². The predicted octanol–water partition coefficient (Wildman–Crippen LogP) is 2.18. The summed E-state index contributed by atoms with van der Waals surface area (Å²) in [5.74, 6) is 0.554. The molecule has 0 saturated heterocycles. The van der Waals surface area contributed by atoms with Gasteiger partial charge >= 0.3 is 5.97 Å². The number of hydrogen-bond donors (Lipinski definition) is 0. The highest BCUT2D eigenvalue weighted by molar-refractivity contribution is 5.65. The van der Waals surface area contributed by atoms with E-state index in [1.165, 1.54) is 6.92 Å². The molecule has 80 valence electrons. The van der Waals surface area contributed by atoms with E-state index in [0.717, 1.165) is 5.75 Å². The number of hydrogen-bond acceptors (Lipinski definition) is 3. The van der Waals surface area contributed by atoms with Gasteiger partial charge < -0.3 is 9.47 Å². The summed E-state index contributed by atoms with van der Waals surface area (Å²) in [7, 11) is 0. The first kappa shape index (κ1) is 11.3. The molecule has 1 aromatic carbocycles. The molecule has 15 heavy (non-hydrogen) atoms. The Morgan fingerprint density at radius 2 is 1.87 bits per heavy atom. The van der Waals surface area contributed by atoms with Crippen molar-refractivity contribution >= 4 is 5.97 Å². The maximum Gasteiger partial charge on any atom is 0.302 e. The first-order valence-electron chi connectivity index (χ1n) is 4.75. The third-order valence-corrected chi connectivity index (χ3v) is 1.64. The van der Waals surface area contributed by atoms with Crippen LogP contribution in [0.1, 0.15) is 6.92 Å². The van der Waals surface area contributed by atoms with Crippen LogP contribution in [-0.2, 0) is 9.53 Å². The molecule has 0 saturated carbocycles. The van der Waals surface area contributed by atoms with Gasteiger partial charge in [-0.25, -0.2) is 0 Å². The molecular weight excluding hydrogens is 192 g/mol. The normalized spacial score (nSPS) is 10.2. The number of carbonyl (C=O) groups is 1. The number of carbonyl (C=O) groups excluding carboxylic acids is 1. The standard InChI is InChI=1S/C12H14O3/c1-11(13)14-9-5-6-10-15-12-7-3-2-4-8-12/h2-8H,9-10H2,1H3. The van der Waals surface area contributed by atoms with Crippen LogP contribution in [-0.4, -0.2) is 19.2 Å². The van der Waals surface area contributed by atoms with Gasteiger partial charge in [-0.05, 0) is 24.3 Å². The second-order valence-electron chi connectivity index (χ2n) is 2.90. The average Bonchev–Trinajstić information content (AvgIpc) is 2.24. The van der Waals surface area contributed by atoms with Crippen molar-refractivity contribution < 1.29 is 14.3 Å². The van der Waals surface area contributed by atoms with Crippen molar-refractivity contribution in [3.63, 3.8) is 0 Å². The number of para-hydroxylation sites is 1. The zero-order chi connectivity index (χ0) is 10.9. The summed E-state index contributed by atoms with van der Waals surface area (Å²) in [5, 5.41) is 0. The molecule has 3 heteroatoms. The van der Waals surface area contributed by atoms with Gasteiger partial charge in [0.15, 0.2) is 0 Å². The van der Waals surface area contributed by atoms with Gasteiger partial charge in [-0.1, -0.05) is 18.2 Å². The van der Waals surface area contributed by atoms with Crippen LogP contribution in [0.5, 0.6) is 5.75 Å². The smallest absolute Gasteiger partial charge is 0.302 e. The Hall–Kier alpha value is -1.77. The summed E-state index contributed by atoms with van der Waals surface area (Å²) in [6.45, 7) is 2.16. The van der Waals surface area contributed by atoms with E-state index in [1.54, 1.807) is 6.08 Å². The Kier molecular flexibility index (Phi) is 5.01. The molecule has 3 nitrogen and oxygen atoms in total. The second kappa shape index (κ2) is 6.65. The first-order chi connectivity index (χ1) is 7.29. The Morgan fingerprint density at radius 1 is 1.20 bits per heavy atom. The lowest BCUT2D eigenvalue weighted by molar-refractivity contribution is -0.139. The van der Waals surface area contributed by atoms with Gasteiger partial charge in [-0.2, -0.15) is 0 Å². The Labute approximate surface area is 89.3 Å². The first-order valence-corrected chi connectivity index (χ1v) is 4.75. The fourth-order valence-electron chi connectivity index (χ4n) is 0.963. The molecule has 1 rings (SSSR count). The number of esters is 1. The van der Waals surface area contributed by atoms with E-state index in [4.69, 9.17) is 9.47 Å². The highest BCUT2D eigenvalue weighted by atomic mass is 16.5. The van der Waals surface area contributed by atoms with E-state index < -0.39 is 0 Å². The topological polar surface area (TPSA) is 35.5 Å². The van der Waals surface area contributed by atoms with Gasteiger partial charge in [-0.15, -0.1) is 0 Å². The molecule has 0 radical (unpaired) electrons. The van der Waals surface area contributed by atoms with Crippen LogP contribution in [0.4, 0.5) is 0 Å². The molecular formula is C12H14O3. The minimum absolute atomic E-state index is 0.274. The van der Waals surface area contributed by atoms with Crippen LogP contribution in [0.3, 0.4) is 0 Å². The van der Waals surface area contributed by atoms with E-state index in [0.29, 0.717) is 13.2 Å². The van der Waals surface area contributed by atoms with E-state index in [9.17, 15) is 4.79 Å². The molecule has 0 amide bonds. The molecule has 0 bridgehead atoms. The summed E-state index contributed by atoms with van der Waals surface area (Å²) in [6, 6.07) is 9.54. The lowest BCUT2D eigenvalue weighted by Gasteiger charge is -2.01. The van der Waals surface area contributed by atoms with Gasteiger partial charge in [0.2, 0.25) is 0 Å². The van der Waals surface area contributed by atoms with E-state index >= 15 is 0 Å². The van der Waals surface area contributed by atoms with E-state index in [1.807, 2.05) is 36.4 Å². The molecule has 0 heterocycles. The second-order valence-corrected chi connectivity index (χ2v) is 2.90. The summed E-state index contributed by atoms with van der Waals surface area (Å²) < 4.78 is 10.1. The predicted molar refractivity (Wildman–Crippen MR) is 57.7 cm³/mol. The van der Waals surface area contributed by atoms with Gasteiger partial charge in [0.25, 0.3) is 0 Å². The number of rotatable bonds is 5. The number of ether oxygens (including phenoxy) is 2. The van der Waals surface area contributed by atoms with Crippen LogP contribution in [0.25, 0.3) is 0 Å². The third-order valence-electron chi connectivity index (χ3n) is 1.64. The fourth-order valence-corrected chi connectivity index (χ4v) is 0.963. The minimum atomic E-state index is -0.274. The SMILES string of the molecule is CC(=O)OCC=CCOc1ccccc1. The molecule has 0 atom stereocenters. The minimum Gasteiger partial charge on any atom is -0.490 e. The Morgan fingerprint density at radius 3 is 2.53 bits per heavy atom. The van der Waals surface area contributed by atoms with Crippen LogP contribution in [0, 0.1) is 0 Å². The van der Waals surface area contributed by atoms with Crippen molar-refractivity contribution in [1.82, 2.24) is 0 Å². The molecule has 1 aromatic rings. The maximum absolute atomic E-state index is 10.4. The molecule has 0 spiro atoms. The monoisotopic (exact) mass is 206 g/mol. The largest absolute Gasteiger partial charge is 0.490 e. The summed E-state index contributed by atoms with van der Waals surface area (Å²) in [5.41, 5.74) is 0. The molecule has 0 aliphatic carbocycles. The zero-order valence-electron chi connectivity index (χ0n) is 8.68. The Balaban J connectivity index is 2.14. The summed E-state index contributed by atoms with van der Waals surface area (Å²) in [6.07, 6.45) is 3.57. The van der Waals surface area contributed by atoms with Gasteiger partial charge in [0.1, 0.15) is 19.0 Å². The van der Waals surface area contributed by atoms with Crippen molar-refractivity contribution in [3.8, 4) is 5.75 Å². The van der Waals surface area contributed by atoms with Crippen molar-refractivity contribution in [2.24, 2.45) is 0 Å². The van der Waals surface area contributed by atoms with Crippen molar-refractivity contribution in [2.45, 2.75) is 6.92 Å². The zero-order valence-corrected chi connectivity index (χ0v) is 8.68.